The number of aliphatic hydroxyl groups is 4. The Morgan fingerprint density at radius 1 is 0.258 bits per heavy atom. The minimum Gasteiger partial charge on any atom is -0.397 e. The molecule has 0 unspecified atom stereocenters. The van der Waals surface area contributed by atoms with E-state index in [4.69, 9.17) is 20.4 Å². The largest absolute Gasteiger partial charge is 0.397 e. The molecule has 4 heteroatoms. The van der Waals surface area contributed by atoms with Crippen molar-refractivity contribution in [2.75, 3.05) is 26.4 Å². The van der Waals surface area contributed by atoms with Crippen LogP contribution in [0.3, 0.4) is 0 Å². The topological polar surface area (TPSA) is 80.9 Å². The van der Waals surface area contributed by atoms with Crippen molar-refractivity contribution in [1.29, 1.82) is 0 Å². The van der Waals surface area contributed by atoms with Crippen molar-refractivity contribution in [3.8, 4) is 0 Å². The van der Waals surface area contributed by atoms with Crippen molar-refractivity contribution in [3.05, 3.63) is 0 Å². The van der Waals surface area contributed by atoms with Gasteiger partial charge in [-0.25, -0.2) is 0 Å². The van der Waals surface area contributed by atoms with Crippen LogP contribution in [0.25, 0.3) is 0 Å². The maximum absolute atomic E-state index is 7.57. The maximum Gasteiger partial charge on any atom is 0.0402 e. The first-order valence-electron chi connectivity index (χ1n) is 13.6. The van der Waals surface area contributed by atoms with Gasteiger partial charge in [0, 0.05) is 26.4 Å². The highest BCUT2D eigenvalue weighted by Crippen LogP contribution is 2.16. The Balaban J connectivity index is -0.000000252. The molecule has 31 heavy (non-hydrogen) atoms. The van der Waals surface area contributed by atoms with E-state index in [0.29, 0.717) is 0 Å². The monoisotopic (exact) mass is 450 g/mol. The fourth-order valence-electron chi connectivity index (χ4n) is 3.36. The van der Waals surface area contributed by atoms with Crippen LogP contribution >= 0.6 is 0 Å². The van der Waals surface area contributed by atoms with Crippen LogP contribution in [0.1, 0.15) is 150 Å². The second-order valence-electron chi connectivity index (χ2n) is 7.98. The van der Waals surface area contributed by atoms with Crippen molar-refractivity contribution in [2.24, 2.45) is 0 Å². The third-order valence-corrected chi connectivity index (χ3v) is 4.75. The Morgan fingerprint density at radius 2 is 0.290 bits per heavy atom. The first kappa shape index (κ1) is 38.1. The normalized spacial score (nSPS) is 17.0. The van der Waals surface area contributed by atoms with Crippen LogP contribution in [0.4, 0.5) is 0 Å². The molecule has 0 atom stereocenters. The number of hydrogen-bond acceptors (Lipinski definition) is 4. The lowest BCUT2D eigenvalue weighted by molar-refractivity contribution is 0.318. The van der Waals surface area contributed by atoms with Gasteiger partial charge in [0.25, 0.3) is 0 Å². The van der Waals surface area contributed by atoms with E-state index in [2.05, 4.69) is 0 Å². The zero-order valence-corrected chi connectivity index (χ0v) is 22.1. The van der Waals surface area contributed by atoms with Gasteiger partial charge in [0.05, 0.1) is 0 Å². The van der Waals surface area contributed by atoms with Gasteiger partial charge in [-0.2, -0.15) is 0 Å². The summed E-state index contributed by atoms with van der Waals surface area (Å²) < 4.78 is 0. The number of rotatable bonds is 0. The molecule has 1 aliphatic rings. The van der Waals surface area contributed by atoms with Gasteiger partial charge >= 0.3 is 0 Å². The summed E-state index contributed by atoms with van der Waals surface area (Å²) in [4.78, 5) is 0. The molecule has 1 aliphatic carbocycles. The van der Waals surface area contributed by atoms with Crippen molar-refractivity contribution < 1.29 is 20.4 Å². The summed E-state index contributed by atoms with van der Waals surface area (Å²) in [5, 5.41) is 30.3. The molecule has 0 aromatic heterocycles. The molecular weight excluding hydrogens is 388 g/mol. The highest BCUT2D eigenvalue weighted by atomic mass is 16.3. The predicted octanol–water partition coefficient (Wildman–Crippen LogP) is 7.41. The van der Waals surface area contributed by atoms with Gasteiger partial charge in [0.2, 0.25) is 0 Å². The Morgan fingerprint density at radius 3 is 0.323 bits per heavy atom. The first-order valence-corrected chi connectivity index (χ1v) is 13.6. The zero-order chi connectivity index (χ0) is 24.3. The minimum absolute atomic E-state index is 0.250. The lowest BCUT2D eigenvalue weighted by Crippen LogP contribution is -1.83. The Labute approximate surface area is 196 Å². The molecule has 0 radical (unpaired) electrons. The summed E-state index contributed by atoms with van der Waals surface area (Å²) in [6.07, 6.45) is 28.5. The third-order valence-electron chi connectivity index (χ3n) is 4.75. The fraction of sp³-hybridized carbons (Fsp3) is 1.00. The third kappa shape index (κ3) is 65.2. The fourth-order valence-corrected chi connectivity index (χ4v) is 3.36. The van der Waals surface area contributed by atoms with Crippen molar-refractivity contribution in [1.82, 2.24) is 0 Å². The molecule has 194 valence electrons. The summed E-state index contributed by atoms with van der Waals surface area (Å²) in [5.41, 5.74) is 0. The molecule has 0 heterocycles. The van der Waals surface area contributed by atoms with Crippen LogP contribution in [0.5, 0.6) is 0 Å². The minimum atomic E-state index is 0.250. The van der Waals surface area contributed by atoms with Crippen molar-refractivity contribution >= 4 is 0 Å². The molecule has 4 N–H and O–H groups in total. The van der Waals surface area contributed by atoms with E-state index in [0.717, 1.165) is 0 Å². The highest BCUT2D eigenvalue weighted by Gasteiger charge is 1.96. The molecular formula is C27H62O4. The summed E-state index contributed by atoms with van der Waals surface area (Å²) in [7, 11) is 0. The Hall–Kier alpha value is -0.160. The summed E-state index contributed by atoms with van der Waals surface area (Å²) in [6.45, 7) is 7.72. The molecule has 4 nitrogen and oxygen atoms in total. The standard InChI is InChI=1S/C19H38.4C2H6O/c1-2-4-6-8-10-12-14-16-18-19-17-15-13-11-9-7-5-3-1;4*1-2-3/h1-19H2;4*3H,2H2,1H3. The maximum atomic E-state index is 7.57. The van der Waals surface area contributed by atoms with Gasteiger partial charge in [0.15, 0.2) is 0 Å². The van der Waals surface area contributed by atoms with E-state index in [1.54, 1.807) is 27.7 Å². The van der Waals surface area contributed by atoms with Gasteiger partial charge in [-0.3, -0.25) is 0 Å². The number of hydrogen-bond donors (Lipinski definition) is 4. The van der Waals surface area contributed by atoms with E-state index in [1.807, 2.05) is 0 Å². The lowest BCUT2D eigenvalue weighted by Gasteiger charge is -2.03. The molecule has 0 aromatic rings. The van der Waals surface area contributed by atoms with Crippen LogP contribution in [0, 0.1) is 0 Å². The van der Waals surface area contributed by atoms with Gasteiger partial charge < -0.3 is 20.4 Å². The first-order chi connectivity index (χ1) is 15.2. The van der Waals surface area contributed by atoms with Crippen LogP contribution in [0.2, 0.25) is 0 Å². The van der Waals surface area contributed by atoms with Crippen molar-refractivity contribution in [2.45, 2.75) is 150 Å². The molecule has 1 rings (SSSR count). The summed E-state index contributed by atoms with van der Waals surface area (Å²) in [6, 6.07) is 0. The summed E-state index contributed by atoms with van der Waals surface area (Å²) in [5.74, 6) is 0. The molecule has 0 saturated heterocycles. The van der Waals surface area contributed by atoms with E-state index in [9.17, 15) is 0 Å². The molecule has 1 saturated carbocycles. The van der Waals surface area contributed by atoms with E-state index >= 15 is 0 Å². The second kappa shape index (κ2) is 47.6. The average Bonchev–Trinajstić information content (AvgIpc) is 2.73. The van der Waals surface area contributed by atoms with Gasteiger partial charge in [-0.1, -0.05) is 122 Å². The highest BCUT2D eigenvalue weighted by molar-refractivity contribution is 4.52. The average molecular weight is 451 g/mol. The molecule has 0 aliphatic heterocycles. The van der Waals surface area contributed by atoms with Crippen molar-refractivity contribution in [3.63, 3.8) is 0 Å². The van der Waals surface area contributed by atoms with Crippen LogP contribution < -0.4 is 0 Å². The molecule has 0 bridgehead atoms. The number of aliphatic hydroxyl groups excluding tert-OH is 4. The second-order valence-corrected chi connectivity index (χ2v) is 7.98. The molecule has 0 aromatic carbocycles. The van der Waals surface area contributed by atoms with Gasteiger partial charge in [-0.15, -0.1) is 0 Å². The van der Waals surface area contributed by atoms with Crippen LogP contribution in [0.15, 0.2) is 0 Å². The Kier molecular flexibility index (Phi) is 58.5. The van der Waals surface area contributed by atoms with E-state index in [-0.39, 0.29) is 26.4 Å². The molecule has 0 amide bonds. The van der Waals surface area contributed by atoms with Crippen LogP contribution in [-0.2, 0) is 0 Å². The molecule has 1 fully saturated rings. The SMILES string of the molecule is C1CCCCCCCCCCCCCCCCCC1.CCO.CCO.CCO.CCO. The van der Waals surface area contributed by atoms with E-state index in [1.165, 1.54) is 122 Å². The van der Waals surface area contributed by atoms with E-state index < -0.39 is 0 Å². The van der Waals surface area contributed by atoms with Crippen LogP contribution in [-0.4, -0.2) is 46.9 Å². The summed E-state index contributed by atoms with van der Waals surface area (Å²) >= 11 is 0. The lowest BCUT2D eigenvalue weighted by atomic mass is 10.0. The zero-order valence-electron chi connectivity index (χ0n) is 22.1. The van der Waals surface area contributed by atoms with Gasteiger partial charge in [0.1, 0.15) is 0 Å². The predicted molar refractivity (Wildman–Crippen MR) is 139 cm³/mol. The Bertz CT molecular complexity index is 137. The molecule has 0 spiro atoms. The van der Waals surface area contributed by atoms with Gasteiger partial charge in [-0.05, 0) is 27.7 Å². The smallest absolute Gasteiger partial charge is 0.0402 e. The quantitative estimate of drug-likeness (QED) is 0.310.